The molecule has 0 unspecified atom stereocenters. The van der Waals surface area contributed by atoms with Crippen LogP contribution in [0.3, 0.4) is 0 Å². The van der Waals surface area contributed by atoms with Gasteiger partial charge in [-0.2, -0.15) is 0 Å². The lowest BCUT2D eigenvalue weighted by molar-refractivity contribution is -0.360. The van der Waals surface area contributed by atoms with Gasteiger partial charge in [-0.05, 0) is 6.07 Å². The van der Waals surface area contributed by atoms with Gasteiger partial charge in [-0.25, -0.2) is 17.2 Å². The van der Waals surface area contributed by atoms with Crippen molar-refractivity contribution in [2.45, 2.75) is 0 Å². The van der Waals surface area contributed by atoms with E-state index in [1.54, 1.807) is 0 Å². The number of halogens is 2. The first-order chi connectivity index (χ1) is 6.94. The maximum absolute atomic E-state index is 13.0. The Hall–Kier alpha value is -1.21. The molecule has 3 N–H and O–H groups in total. The van der Waals surface area contributed by atoms with Crippen molar-refractivity contribution in [2.75, 3.05) is 12.3 Å². The first-order valence-electron chi connectivity index (χ1n) is 4.14. The summed E-state index contributed by atoms with van der Waals surface area (Å²) in [5.41, 5.74) is 2.97. The fourth-order valence-electron chi connectivity index (χ4n) is 0.933. The molecule has 0 heterocycles. The van der Waals surface area contributed by atoms with Crippen LogP contribution in [-0.4, -0.2) is 20.7 Å². The second-order valence-electron chi connectivity index (χ2n) is 2.83. The van der Waals surface area contributed by atoms with Crippen LogP contribution in [0.15, 0.2) is 18.2 Å². The summed E-state index contributed by atoms with van der Waals surface area (Å²) in [5, 5.41) is 0. The third-order valence-electron chi connectivity index (χ3n) is 1.55. The maximum Gasteiger partial charge on any atom is 0.126 e. The van der Waals surface area contributed by atoms with Crippen LogP contribution >= 0.6 is 0 Å². The highest BCUT2D eigenvalue weighted by Crippen LogP contribution is 2.26. The summed E-state index contributed by atoms with van der Waals surface area (Å²) in [6.07, 6.45) is 0. The Morgan fingerprint density at radius 3 is 2.53 bits per heavy atom. The van der Waals surface area contributed by atoms with E-state index in [-0.39, 0.29) is 18.0 Å². The van der Waals surface area contributed by atoms with E-state index in [9.17, 15) is 17.2 Å². The lowest BCUT2D eigenvalue weighted by Crippen LogP contribution is -2.52. The molecular weight excluding hydrogens is 226 g/mol. The van der Waals surface area contributed by atoms with Crippen LogP contribution in [0.2, 0.25) is 0 Å². The summed E-state index contributed by atoms with van der Waals surface area (Å²) in [7, 11) is -3.72. The van der Waals surface area contributed by atoms with E-state index in [4.69, 9.17) is 0 Å². The largest absolute Gasteiger partial charge is 0.574 e. The molecule has 4 nitrogen and oxygen atoms in total. The third kappa shape index (κ3) is 3.45. The normalized spacial score (nSPS) is 11.4. The number of hydrogen-bond donors (Lipinski definition) is 1. The van der Waals surface area contributed by atoms with Crippen molar-refractivity contribution in [3.05, 3.63) is 34.6 Å². The Morgan fingerprint density at radius 1 is 1.33 bits per heavy atom. The monoisotopic (exact) mass is 236 g/mol. The van der Waals surface area contributed by atoms with Gasteiger partial charge in [0.15, 0.2) is 0 Å². The zero-order valence-electron chi connectivity index (χ0n) is 7.78. The van der Waals surface area contributed by atoms with Gasteiger partial charge < -0.3 is 10.5 Å². The fourth-order valence-corrected chi connectivity index (χ4v) is 1.84. The molecule has 0 amide bonds. The minimum Gasteiger partial charge on any atom is -0.574 e. The Morgan fingerprint density at radius 2 is 2.00 bits per heavy atom. The molecule has 7 heteroatoms. The van der Waals surface area contributed by atoms with E-state index in [0.29, 0.717) is 6.07 Å². The van der Waals surface area contributed by atoms with Crippen LogP contribution < -0.4 is 5.73 Å². The zero-order chi connectivity index (χ0) is 11.5. The minimum absolute atomic E-state index is 0.147. The number of benzene rings is 1. The molecule has 0 atom stereocenters. The predicted molar refractivity (Wildman–Crippen MR) is 50.9 cm³/mol. The van der Waals surface area contributed by atoms with Gasteiger partial charge in [-0.3, -0.25) is 0 Å². The average molecular weight is 236 g/mol. The van der Waals surface area contributed by atoms with Crippen molar-refractivity contribution in [2.24, 2.45) is 0 Å². The maximum atomic E-state index is 13.0. The number of quaternary nitrogens is 1. The minimum atomic E-state index is -3.72. The number of rotatable bonds is 4. The van der Waals surface area contributed by atoms with Gasteiger partial charge in [-0.1, -0.05) is 11.8 Å². The van der Waals surface area contributed by atoms with E-state index in [1.165, 1.54) is 0 Å². The highest BCUT2D eigenvalue weighted by molar-refractivity contribution is 7.94. The van der Waals surface area contributed by atoms with Gasteiger partial charge in [0.2, 0.25) is 0 Å². The number of hydrogen-bond acceptors (Lipinski definition) is 2. The molecule has 0 spiro atoms. The van der Waals surface area contributed by atoms with Gasteiger partial charge in [0.05, 0.1) is 22.3 Å². The van der Waals surface area contributed by atoms with E-state index in [2.05, 4.69) is 10.5 Å². The molecule has 0 bridgehead atoms. The summed E-state index contributed by atoms with van der Waals surface area (Å²) in [6.45, 7) is 0.147. The molecule has 0 fully saturated rings. The van der Waals surface area contributed by atoms with E-state index >= 15 is 0 Å². The second-order valence-corrected chi connectivity index (χ2v) is 4.58. The van der Waals surface area contributed by atoms with Gasteiger partial charge >= 0.3 is 0 Å². The van der Waals surface area contributed by atoms with Crippen LogP contribution in [0.1, 0.15) is 0 Å². The molecule has 0 aliphatic carbocycles. The lowest BCUT2D eigenvalue weighted by Gasteiger charge is -2.21. The fraction of sp³-hybridized carbons (Fsp3) is 0.250. The molecule has 0 radical (unpaired) electrons. The molecule has 0 aliphatic rings. The predicted octanol–water partition coefficient (Wildman–Crippen LogP) is 0.542. The van der Waals surface area contributed by atoms with Crippen LogP contribution in [0.5, 0.6) is 0 Å². The first kappa shape index (κ1) is 11.9. The van der Waals surface area contributed by atoms with E-state index in [0.717, 1.165) is 12.1 Å². The molecule has 0 aromatic heterocycles. The van der Waals surface area contributed by atoms with E-state index in [1.807, 2.05) is 0 Å². The molecule has 1 rings (SSSR count). The molecule has 84 valence electrons. The van der Waals surface area contributed by atoms with Crippen molar-refractivity contribution in [3.63, 3.8) is 0 Å². The quantitative estimate of drug-likeness (QED) is 0.828. The van der Waals surface area contributed by atoms with Crippen molar-refractivity contribution in [1.29, 1.82) is 0 Å². The smallest absolute Gasteiger partial charge is 0.126 e. The van der Waals surface area contributed by atoms with Gasteiger partial charge in [0.1, 0.15) is 11.6 Å². The highest BCUT2D eigenvalue weighted by atomic mass is 32.2. The van der Waals surface area contributed by atoms with Gasteiger partial charge in [-0.15, -0.1) is 0 Å². The molecule has 0 saturated carbocycles. The molecule has 1 aromatic carbocycles. The summed E-state index contributed by atoms with van der Waals surface area (Å²) in [6, 6.07) is 2.51. The highest BCUT2D eigenvalue weighted by Gasteiger charge is 2.02. The zero-order valence-corrected chi connectivity index (χ0v) is 8.60. The Balaban J connectivity index is 2.90. The summed E-state index contributed by atoms with van der Waals surface area (Å²) < 4.78 is 51.0. The average Bonchev–Trinajstić information content (AvgIpc) is 2.09. The van der Waals surface area contributed by atoms with Gasteiger partial charge in [0.25, 0.3) is 0 Å². The Labute approximate surface area is 86.1 Å². The SMILES string of the molecule is [NH3+]CCS(=O)(=O)[N-]c1ccc(F)cc1F. The van der Waals surface area contributed by atoms with Crippen molar-refractivity contribution >= 4 is 15.7 Å². The third-order valence-corrected chi connectivity index (χ3v) is 2.83. The van der Waals surface area contributed by atoms with Crippen LogP contribution in [0.25, 0.3) is 4.72 Å². The van der Waals surface area contributed by atoms with Crippen molar-refractivity contribution in [3.8, 4) is 0 Å². The second kappa shape index (κ2) is 4.54. The summed E-state index contributed by atoms with van der Waals surface area (Å²) >= 11 is 0. The molecule has 15 heavy (non-hydrogen) atoms. The molecule has 0 aliphatic heterocycles. The summed E-state index contributed by atoms with van der Waals surface area (Å²) in [5.74, 6) is -2.03. The van der Waals surface area contributed by atoms with E-state index < -0.39 is 21.7 Å². The standard InChI is InChI=1S/C8H9F2N2O2S/c9-6-1-2-8(7(10)5-6)12-15(13,14)4-3-11/h1-2,5H,3-4,11H2/q-1/p+1. The Kier molecular flexibility index (Phi) is 3.59. The number of sulfonamides is 1. The molecular formula is C8H10F2N2O2S. The van der Waals surface area contributed by atoms with Crippen molar-refractivity contribution in [1.82, 2.24) is 0 Å². The van der Waals surface area contributed by atoms with Crippen molar-refractivity contribution < 1.29 is 22.9 Å². The topological polar surface area (TPSA) is 75.9 Å². The van der Waals surface area contributed by atoms with Crippen LogP contribution in [0, 0.1) is 11.6 Å². The Bertz CT molecular complexity index is 448. The number of nitrogens with zero attached hydrogens (tertiary/aromatic N) is 1. The van der Waals surface area contributed by atoms with Gasteiger partial charge in [0, 0.05) is 6.07 Å². The molecule has 0 saturated heterocycles. The summed E-state index contributed by atoms with van der Waals surface area (Å²) in [4.78, 5) is 0. The first-order valence-corrected chi connectivity index (χ1v) is 5.75. The lowest BCUT2D eigenvalue weighted by atomic mass is 10.3. The molecule has 1 aromatic rings. The van der Waals surface area contributed by atoms with Crippen LogP contribution in [-0.2, 0) is 10.0 Å². The van der Waals surface area contributed by atoms with Crippen LogP contribution in [0.4, 0.5) is 14.5 Å².